The molecule has 0 aliphatic carbocycles. The molecule has 0 fully saturated rings. The topological polar surface area (TPSA) is 116 Å². The number of carboxylic acid groups (broad SMARTS) is 1. The van der Waals surface area contributed by atoms with Crippen molar-refractivity contribution in [2.45, 2.75) is 39.5 Å². The Bertz CT molecular complexity index is 1530. The number of nitrogens with zero attached hydrogens (tertiary/aromatic N) is 2. The summed E-state index contributed by atoms with van der Waals surface area (Å²) in [6.45, 7) is 8.94. The van der Waals surface area contributed by atoms with Gasteiger partial charge < -0.3 is 24.1 Å². The highest BCUT2D eigenvalue weighted by molar-refractivity contribution is 8.04. The first-order valence-corrected chi connectivity index (χ1v) is 13.8. The van der Waals surface area contributed by atoms with Crippen molar-refractivity contribution >= 4 is 23.8 Å². The number of aromatic amines is 1. The standard InChI is InChI=1S/C31H33N3O6S/c1-7-39-27-12-21(8-9-26(27)40-17-25-19(3)10-18(2)11-20(25)4)13-28(30(35)36)41-31-32-29(33-34-31)22-14-23(37-5)16-24(15-22)38-6/h8-16H,7,17H2,1-6H3,(H,35,36)(H,32,33,34)/b28-13-. The predicted molar refractivity (Wildman–Crippen MR) is 159 cm³/mol. The molecule has 0 aliphatic rings. The van der Waals surface area contributed by atoms with E-state index < -0.39 is 5.97 Å². The number of nitrogens with one attached hydrogen (secondary N) is 1. The van der Waals surface area contributed by atoms with Gasteiger partial charge in [0.05, 0.1) is 20.8 Å². The fourth-order valence-corrected chi connectivity index (χ4v) is 5.05. The normalized spacial score (nSPS) is 11.3. The van der Waals surface area contributed by atoms with Crippen LogP contribution in [0.25, 0.3) is 17.5 Å². The third-order valence-corrected chi connectivity index (χ3v) is 7.16. The number of benzene rings is 3. The molecule has 4 aromatic rings. The van der Waals surface area contributed by atoms with Gasteiger partial charge in [0.25, 0.3) is 0 Å². The minimum atomic E-state index is -1.10. The van der Waals surface area contributed by atoms with Crippen LogP contribution in [0.1, 0.15) is 34.7 Å². The lowest BCUT2D eigenvalue weighted by Gasteiger charge is -2.16. The number of aliphatic carboxylic acids is 1. The largest absolute Gasteiger partial charge is 0.497 e. The highest BCUT2D eigenvalue weighted by Crippen LogP contribution is 2.34. The van der Waals surface area contributed by atoms with Gasteiger partial charge in [0.2, 0.25) is 5.16 Å². The van der Waals surface area contributed by atoms with Gasteiger partial charge in [-0.05, 0) is 92.1 Å². The molecule has 0 atom stereocenters. The number of rotatable bonds is 12. The molecule has 0 saturated carbocycles. The molecular formula is C31H33N3O6S. The molecule has 10 heteroatoms. The zero-order valence-corrected chi connectivity index (χ0v) is 24.7. The first-order chi connectivity index (χ1) is 19.7. The molecule has 9 nitrogen and oxygen atoms in total. The predicted octanol–water partition coefficient (Wildman–Crippen LogP) is 6.61. The summed E-state index contributed by atoms with van der Waals surface area (Å²) in [6, 6.07) is 14.9. The van der Waals surface area contributed by atoms with Gasteiger partial charge in [-0.1, -0.05) is 23.8 Å². The van der Waals surface area contributed by atoms with E-state index >= 15 is 0 Å². The quantitative estimate of drug-likeness (QED) is 0.142. The summed E-state index contributed by atoms with van der Waals surface area (Å²) in [6.07, 6.45) is 1.55. The Balaban J connectivity index is 1.56. The number of carbonyl (C=O) groups is 1. The maximum absolute atomic E-state index is 12.1. The third kappa shape index (κ3) is 7.40. The van der Waals surface area contributed by atoms with E-state index in [1.807, 2.05) is 6.92 Å². The van der Waals surface area contributed by atoms with Gasteiger partial charge in [0.1, 0.15) is 23.0 Å². The molecule has 1 heterocycles. The van der Waals surface area contributed by atoms with E-state index in [9.17, 15) is 9.90 Å². The number of methoxy groups -OCH3 is 2. The number of aryl methyl sites for hydroxylation is 3. The molecule has 0 aliphatic heterocycles. The number of H-pyrrole nitrogens is 1. The van der Waals surface area contributed by atoms with Crippen LogP contribution in [-0.4, -0.2) is 47.1 Å². The van der Waals surface area contributed by atoms with Crippen LogP contribution in [-0.2, 0) is 11.4 Å². The molecule has 0 saturated heterocycles. The Morgan fingerprint density at radius 3 is 2.24 bits per heavy atom. The Morgan fingerprint density at radius 1 is 0.951 bits per heavy atom. The van der Waals surface area contributed by atoms with E-state index in [0.29, 0.717) is 53.2 Å². The Morgan fingerprint density at radius 2 is 1.63 bits per heavy atom. The van der Waals surface area contributed by atoms with Crippen LogP contribution in [0.2, 0.25) is 0 Å². The van der Waals surface area contributed by atoms with Crippen LogP contribution in [0.4, 0.5) is 0 Å². The van der Waals surface area contributed by atoms with E-state index in [4.69, 9.17) is 18.9 Å². The van der Waals surface area contributed by atoms with E-state index in [2.05, 4.69) is 48.1 Å². The molecule has 214 valence electrons. The first kappa shape index (κ1) is 29.5. The van der Waals surface area contributed by atoms with Crippen molar-refractivity contribution in [2.24, 2.45) is 0 Å². The fraction of sp³-hybridized carbons (Fsp3) is 0.258. The van der Waals surface area contributed by atoms with E-state index in [1.54, 1.807) is 56.7 Å². The van der Waals surface area contributed by atoms with Crippen molar-refractivity contribution in [3.63, 3.8) is 0 Å². The lowest BCUT2D eigenvalue weighted by Crippen LogP contribution is -2.03. The molecule has 0 radical (unpaired) electrons. The summed E-state index contributed by atoms with van der Waals surface area (Å²) in [5.74, 6) is 1.66. The summed E-state index contributed by atoms with van der Waals surface area (Å²) < 4.78 is 22.6. The fourth-order valence-electron chi connectivity index (χ4n) is 4.34. The molecule has 0 unspecified atom stereocenters. The SMILES string of the molecule is CCOc1cc(/C=C(\Sc2n[nH]c(-c3cc(OC)cc(OC)c3)n2)C(=O)O)ccc1OCc1c(C)cc(C)cc1C. The smallest absolute Gasteiger partial charge is 0.342 e. The van der Waals surface area contributed by atoms with Gasteiger partial charge in [-0.3, -0.25) is 5.10 Å². The van der Waals surface area contributed by atoms with Gasteiger partial charge in [0.15, 0.2) is 17.3 Å². The van der Waals surface area contributed by atoms with Gasteiger partial charge in [0, 0.05) is 11.6 Å². The van der Waals surface area contributed by atoms with Crippen LogP contribution in [0.15, 0.2) is 58.6 Å². The molecule has 0 bridgehead atoms. The summed E-state index contributed by atoms with van der Waals surface area (Å²) in [5.41, 5.74) is 6.01. The zero-order chi connectivity index (χ0) is 29.5. The number of hydrogen-bond donors (Lipinski definition) is 2. The third-order valence-electron chi connectivity index (χ3n) is 6.28. The Hall–Kier alpha value is -4.44. The van der Waals surface area contributed by atoms with Crippen molar-refractivity contribution in [2.75, 3.05) is 20.8 Å². The van der Waals surface area contributed by atoms with Crippen molar-refractivity contribution < 1.29 is 28.8 Å². The van der Waals surface area contributed by atoms with Crippen molar-refractivity contribution in [3.05, 3.63) is 81.3 Å². The summed E-state index contributed by atoms with van der Waals surface area (Å²) in [7, 11) is 3.12. The van der Waals surface area contributed by atoms with Crippen LogP contribution in [0, 0.1) is 20.8 Å². The maximum Gasteiger partial charge on any atom is 0.342 e. The van der Waals surface area contributed by atoms with E-state index in [1.165, 1.54) is 16.7 Å². The zero-order valence-electron chi connectivity index (χ0n) is 23.9. The molecule has 1 aromatic heterocycles. The Labute approximate surface area is 243 Å². The molecule has 0 spiro atoms. The number of ether oxygens (including phenoxy) is 4. The molecule has 3 aromatic carbocycles. The molecular weight excluding hydrogens is 542 g/mol. The molecule has 41 heavy (non-hydrogen) atoms. The minimum absolute atomic E-state index is 0.0424. The molecule has 4 rings (SSSR count). The second-order valence-electron chi connectivity index (χ2n) is 9.29. The van der Waals surface area contributed by atoms with Gasteiger partial charge in [-0.2, -0.15) is 0 Å². The molecule has 2 N–H and O–H groups in total. The number of aromatic nitrogens is 3. The molecule has 0 amide bonds. The second kappa shape index (κ2) is 13.3. The van der Waals surface area contributed by atoms with Gasteiger partial charge in [-0.25, -0.2) is 9.78 Å². The first-order valence-electron chi connectivity index (χ1n) is 13.0. The van der Waals surface area contributed by atoms with Crippen molar-refractivity contribution in [3.8, 4) is 34.4 Å². The van der Waals surface area contributed by atoms with Crippen molar-refractivity contribution in [1.82, 2.24) is 15.2 Å². The van der Waals surface area contributed by atoms with Crippen LogP contribution >= 0.6 is 11.8 Å². The second-order valence-corrected chi connectivity index (χ2v) is 10.3. The minimum Gasteiger partial charge on any atom is -0.497 e. The van der Waals surface area contributed by atoms with Crippen LogP contribution < -0.4 is 18.9 Å². The van der Waals surface area contributed by atoms with E-state index in [-0.39, 0.29) is 10.1 Å². The number of carboxylic acids is 1. The average Bonchev–Trinajstić information content (AvgIpc) is 3.41. The lowest BCUT2D eigenvalue weighted by molar-refractivity contribution is -0.131. The Kier molecular flexibility index (Phi) is 9.57. The number of hydrogen-bond acceptors (Lipinski definition) is 8. The maximum atomic E-state index is 12.1. The summed E-state index contributed by atoms with van der Waals surface area (Å²) in [4.78, 5) is 16.6. The van der Waals surface area contributed by atoms with E-state index in [0.717, 1.165) is 17.3 Å². The van der Waals surface area contributed by atoms with Gasteiger partial charge in [-0.15, -0.1) is 5.10 Å². The van der Waals surface area contributed by atoms with Crippen molar-refractivity contribution in [1.29, 1.82) is 0 Å². The summed E-state index contributed by atoms with van der Waals surface area (Å²) >= 11 is 0.936. The summed E-state index contributed by atoms with van der Waals surface area (Å²) in [5, 5.41) is 17.2. The van der Waals surface area contributed by atoms with Crippen LogP contribution in [0.3, 0.4) is 0 Å². The monoisotopic (exact) mass is 575 g/mol. The highest BCUT2D eigenvalue weighted by atomic mass is 32.2. The van der Waals surface area contributed by atoms with Crippen LogP contribution in [0.5, 0.6) is 23.0 Å². The highest BCUT2D eigenvalue weighted by Gasteiger charge is 2.17. The lowest BCUT2D eigenvalue weighted by atomic mass is 10.0. The number of thioether (sulfide) groups is 1. The average molecular weight is 576 g/mol. The van der Waals surface area contributed by atoms with Gasteiger partial charge >= 0.3 is 5.97 Å².